The van der Waals surface area contributed by atoms with E-state index in [1.807, 2.05) is 0 Å². The Labute approximate surface area is 163 Å². The summed E-state index contributed by atoms with van der Waals surface area (Å²) in [5.41, 5.74) is 0.559. The average molecular weight is 402 g/mol. The maximum atomic E-state index is 12.3. The number of anilines is 1. The minimum Gasteiger partial charge on any atom is -0.456 e. The second kappa shape index (κ2) is 7.40. The van der Waals surface area contributed by atoms with Crippen LogP contribution < -0.4 is 10.6 Å². The Kier molecular flexibility index (Phi) is 4.94. The Morgan fingerprint density at radius 3 is 2.71 bits per heavy atom. The Morgan fingerprint density at radius 2 is 2.00 bits per heavy atom. The monoisotopic (exact) mass is 402 g/mol. The number of likely N-dealkylation sites (tertiary alicyclic amines) is 1. The van der Waals surface area contributed by atoms with E-state index in [1.165, 1.54) is 0 Å². The molecule has 0 saturated carbocycles. The maximum absolute atomic E-state index is 12.3. The van der Waals surface area contributed by atoms with E-state index in [0.717, 1.165) is 25.9 Å². The third-order valence-corrected chi connectivity index (χ3v) is 6.31. The molecular weight excluding hydrogens is 380 g/mol. The number of fused-ring (bicyclic) bond motifs is 1. The highest BCUT2D eigenvalue weighted by Crippen LogP contribution is 2.26. The summed E-state index contributed by atoms with van der Waals surface area (Å²) in [6, 6.07) is 10.3. The quantitative estimate of drug-likeness (QED) is 0.811. The molecule has 0 aliphatic carbocycles. The summed E-state index contributed by atoms with van der Waals surface area (Å²) in [4.78, 5) is 14.5. The smallest absolute Gasteiger partial charge is 0.287 e. The van der Waals surface area contributed by atoms with Crippen LogP contribution in [-0.2, 0) is 10.0 Å². The molecule has 148 valence electrons. The lowest BCUT2D eigenvalue weighted by Crippen LogP contribution is -2.46. The van der Waals surface area contributed by atoms with Crippen molar-refractivity contribution >= 4 is 27.5 Å². The van der Waals surface area contributed by atoms with Gasteiger partial charge in [-0.15, -0.1) is 4.40 Å². The van der Waals surface area contributed by atoms with E-state index in [4.69, 9.17) is 4.42 Å². The largest absolute Gasteiger partial charge is 0.456 e. The van der Waals surface area contributed by atoms with Gasteiger partial charge in [-0.3, -0.25) is 9.69 Å². The zero-order valence-electron chi connectivity index (χ0n) is 15.5. The number of aryl methyl sites for hydroxylation is 1. The molecule has 0 atom stereocenters. The zero-order chi connectivity index (χ0) is 19.7. The van der Waals surface area contributed by atoms with Gasteiger partial charge in [0.1, 0.15) is 16.5 Å². The second-order valence-corrected chi connectivity index (χ2v) is 8.64. The average Bonchev–Trinajstić information content (AvgIpc) is 3.09. The number of amidine groups is 1. The van der Waals surface area contributed by atoms with Crippen LogP contribution in [0.5, 0.6) is 0 Å². The molecule has 3 heterocycles. The number of furan rings is 1. The molecule has 1 saturated heterocycles. The van der Waals surface area contributed by atoms with Crippen molar-refractivity contribution in [3.8, 4) is 0 Å². The van der Waals surface area contributed by atoms with Gasteiger partial charge >= 0.3 is 0 Å². The molecule has 0 bridgehead atoms. The van der Waals surface area contributed by atoms with Crippen molar-refractivity contribution < 1.29 is 17.6 Å². The van der Waals surface area contributed by atoms with E-state index in [2.05, 4.69) is 19.9 Å². The van der Waals surface area contributed by atoms with Crippen LogP contribution in [0.2, 0.25) is 0 Å². The van der Waals surface area contributed by atoms with Gasteiger partial charge in [0, 0.05) is 19.1 Å². The molecule has 1 amide bonds. The highest BCUT2D eigenvalue weighted by atomic mass is 32.2. The summed E-state index contributed by atoms with van der Waals surface area (Å²) in [5, 5.41) is 6.11. The summed E-state index contributed by atoms with van der Waals surface area (Å²) in [6.45, 7) is 3.70. The number of carbonyl (C=O) groups is 1. The molecule has 2 aromatic rings. The van der Waals surface area contributed by atoms with Crippen LogP contribution >= 0.6 is 0 Å². The van der Waals surface area contributed by atoms with Gasteiger partial charge in [-0.1, -0.05) is 12.1 Å². The molecule has 0 spiro atoms. The van der Waals surface area contributed by atoms with Crippen molar-refractivity contribution in [3.05, 3.63) is 47.9 Å². The summed E-state index contributed by atoms with van der Waals surface area (Å²) in [6.07, 6.45) is 1.56. The maximum Gasteiger partial charge on any atom is 0.287 e. The Bertz CT molecular complexity index is 1020. The number of nitrogens with zero attached hydrogens (tertiary/aromatic N) is 2. The van der Waals surface area contributed by atoms with E-state index < -0.39 is 10.0 Å². The van der Waals surface area contributed by atoms with Gasteiger partial charge in [0.25, 0.3) is 15.9 Å². The van der Waals surface area contributed by atoms with Gasteiger partial charge in [-0.2, -0.15) is 8.42 Å². The topological polar surface area (TPSA) is 104 Å². The molecule has 9 heteroatoms. The number of hydrogen-bond acceptors (Lipinski definition) is 6. The molecule has 2 N–H and O–H groups in total. The van der Waals surface area contributed by atoms with Crippen molar-refractivity contribution in [2.24, 2.45) is 4.40 Å². The minimum absolute atomic E-state index is 0.0693. The number of piperidine rings is 1. The lowest BCUT2D eigenvalue weighted by atomic mass is 10.0. The van der Waals surface area contributed by atoms with Gasteiger partial charge in [0.15, 0.2) is 5.76 Å². The lowest BCUT2D eigenvalue weighted by molar-refractivity contribution is 0.0885. The summed E-state index contributed by atoms with van der Waals surface area (Å²) in [7, 11) is -3.67. The minimum atomic E-state index is -3.67. The van der Waals surface area contributed by atoms with Crippen LogP contribution in [-0.4, -0.2) is 50.7 Å². The first-order valence-corrected chi connectivity index (χ1v) is 10.6. The molecule has 2 aliphatic rings. The molecule has 1 aromatic heterocycles. The predicted molar refractivity (Wildman–Crippen MR) is 105 cm³/mol. The summed E-state index contributed by atoms with van der Waals surface area (Å²) >= 11 is 0. The molecule has 2 aliphatic heterocycles. The number of amides is 1. The van der Waals surface area contributed by atoms with Crippen LogP contribution in [0.25, 0.3) is 0 Å². The van der Waals surface area contributed by atoms with Gasteiger partial charge in [0.2, 0.25) is 0 Å². The molecule has 8 nitrogen and oxygen atoms in total. The highest BCUT2D eigenvalue weighted by Gasteiger charge is 2.27. The Hall–Kier alpha value is -2.65. The normalized spacial score (nSPS) is 19.4. The van der Waals surface area contributed by atoms with E-state index in [9.17, 15) is 13.2 Å². The Balaban J connectivity index is 1.33. The van der Waals surface area contributed by atoms with Gasteiger partial charge in [0.05, 0.1) is 12.2 Å². The lowest BCUT2D eigenvalue weighted by Gasteiger charge is -2.33. The molecule has 1 aromatic carbocycles. The fourth-order valence-corrected chi connectivity index (χ4v) is 4.64. The highest BCUT2D eigenvalue weighted by molar-refractivity contribution is 7.90. The summed E-state index contributed by atoms with van der Waals surface area (Å²) < 4.78 is 33.9. The van der Waals surface area contributed by atoms with Crippen molar-refractivity contribution in [2.75, 3.05) is 25.0 Å². The third-order valence-electron chi connectivity index (χ3n) is 4.93. The van der Waals surface area contributed by atoms with Gasteiger partial charge < -0.3 is 15.1 Å². The first-order chi connectivity index (χ1) is 13.4. The molecule has 4 rings (SSSR count). The number of para-hydroxylation sites is 1. The molecular formula is C19H22N4O4S. The van der Waals surface area contributed by atoms with E-state index >= 15 is 0 Å². The van der Waals surface area contributed by atoms with Crippen molar-refractivity contribution in [1.29, 1.82) is 0 Å². The van der Waals surface area contributed by atoms with E-state index in [0.29, 0.717) is 29.6 Å². The molecule has 0 radical (unpaired) electrons. The first kappa shape index (κ1) is 18.7. The van der Waals surface area contributed by atoms with Crippen LogP contribution in [0, 0.1) is 6.92 Å². The fourth-order valence-electron chi connectivity index (χ4n) is 3.50. The number of benzene rings is 1. The standard InChI is InChI=1S/C19H22N4O4S/c1-13-6-7-16(27-13)19(24)20-14-8-10-23(11-9-14)12-18-21-15-4-2-3-5-17(15)28(25,26)22-18/h2-7,14H,8-12H2,1H3,(H,20,24)(H,21,22). The van der Waals surface area contributed by atoms with Crippen molar-refractivity contribution in [1.82, 2.24) is 10.2 Å². The SMILES string of the molecule is Cc1ccc(C(=O)NC2CCN(CC3=NS(=O)(=O)c4ccccc4N3)CC2)o1. The van der Waals surface area contributed by atoms with E-state index in [1.54, 1.807) is 43.3 Å². The molecule has 1 fully saturated rings. The number of hydrogen-bond donors (Lipinski definition) is 2. The number of carbonyl (C=O) groups excluding carboxylic acids is 1. The number of sulfonamides is 1. The van der Waals surface area contributed by atoms with E-state index in [-0.39, 0.29) is 16.8 Å². The van der Waals surface area contributed by atoms with Gasteiger partial charge in [-0.25, -0.2) is 0 Å². The van der Waals surface area contributed by atoms with Crippen LogP contribution in [0.15, 0.2) is 50.1 Å². The Morgan fingerprint density at radius 1 is 1.25 bits per heavy atom. The third kappa shape index (κ3) is 3.95. The van der Waals surface area contributed by atoms with Crippen LogP contribution in [0.3, 0.4) is 0 Å². The number of nitrogens with one attached hydrogen (secondary N) is 2. The first-order valence-electron chi connectivity index (χ1n) is 9.20. The molecule has 28 heavy (non-hydrogen) atoms. The molecule has 0 unspecified atom stereocenters. The van der Waals surface area contributed by atoms with Crippen molar-refractivity contribution in [3.63, 3.8) is 0 Å². The van der Waals surface area contributed by atoms with Crippen LogP contribution in [0.4, 0.5) is 5.69 Å². The number of rotatable bonds is 4. The fraction of sp³-hybridized carbons (Fsp3) is 0.368. The predicted octanol–water partition coefficient (Wildman–Crippen LogP) is 2.00. The van der Waals surface area contributed by atoms with Crippen molar-refractivity contribution in [2.45, 2.75) is 30.7 Å². The summed E-state index contributed by atoms with van der Waals surface area (Å²) in [5.74, 6) is 1.25. The zero-order valence-corrected chi connectivity index (χ0v) is 16.3. The van der Waals surface area contributed by atoms with Gasteiger partial charge in [-0.05, 0) is 44.0 Å². The van der Waals surface area contributed by atoms with Crippen LogP contribution in [0.1, 0.15) is 29.2 Å². The second-order valence-electron chi connectivity index (χ2n) is 7.07.